The largest absolute Gasteiger partial charge is 0.309 e. The Bertz CT molecular complexity index is 425. The first-order chi connectivity index (χ1) is 10.1. The second kappa shape index (κ2) is 8.52. The van der Waals surface area contributed by atoms with Crippen molar-refractivity contribution in [1.29, 1.82) is 0 Å². The lowest BCUT2D eigenvalue weighted by atomic mass is 10.2. The van der Waals surface area contributed by atoms with Crippen LogP contribution in [-0.4, -0.2) is 43.7 Å². The van der Waals surface area contributed by atoms with Gasteiger partial charge < -0.3 is 9.13 Å². The van der Waals surface area contributed by atoms with Crippen LogP contribution in [0.1, 0.15) is 40.2 Å². The monoisotopic (exact) mass is 304 g/mol. The second-order valence-corrected chi connectivity index (χ2v) is 9.53. The van der Waals surface area contributed by atoms with Gasteiger partial charge in [-0.25, -0.2) is 0 Å². The standard InChI is InChI=1S/C18H32N2Si/c1-7-17-14-13-15-18(16-17)21(12-6,19(8-2)9-3)20(10-4)11-5/h7,13-16H,1,8-12H2,2-6H3. The van der Waals surface area contributed by atoms with Gasteiger partial charge in [0.15, 0.2) is 0 Å². The Labute approximate surface area is 132 Å². The fourth-order valence-electron chi connectivity index (χ4n) is 3.62. The fraction of sp³-hybridized carbons (Fsp3) is 0.556. The van der Waals surface area contributed by atoms with Gasteiger partial charge in [-0.05, 0) is 43.0 Å². The van der Waals surface area contributed by atoms with Crippen molar-refractivity contribution in [3.8, 4) is 0 Å². The van der Waals surface area contributed by atoms with E-state index in [-0.39, 0.29) is 0 Å². The molecule has 0 saturated heterocycles. The maximum atomic E-state index is 3.94. The summed E-state index contributed by atoms with van der Waals surface area (Å²) in [4.78, 5) is 0. The first-order valence-electron chi connectivity index (χ1n) is 8.37. The molecule has 0 unspecified atom stereocenters. The van der Waals surface area contributed by atoms with E-state index in [0.717, 1.165) is 26.2 Å². The minimum Gasteiger partial charge on any atom is -0.309 e. The molecule has 118 valence electrons. The first-order valence-corrected chi connectivity index (χ1v) is 10.5. The molecule has 0 amide bonds. The molecule has 1 aromatic rings. The summed E-state index contributed by atoms with van der Waals surface area (Å²) in [5, 5.41) is 1.52. The molecule has 1 rings (SSSR count). The second-order valence-electron chi connectivity index (χ2n) is 5.34. The molecule has 0 aliphatic heterocycles. The van der Waals surface area contributed by atoms with Gasteiger partial charge in [0.1, 0.15) is 0 Å². The van der Waals surface area contributed by atoms with Crippen LogP contribution in [0.4, 0.5) is 0 Å². The predicted octanol–water partition coefficient (Wildman–Crippen LogP) is 3.68. The van der Waals surface area contributed by atoms with Gasteiger partial charge in [0.2, 0.25) is 8.40 Å². The molecule has 2 nitrogen and oxygen atoms in total. The third-order valence-electron chi connectivity index (χ3n) is 4.65. The van der Waals surface area contributed by atoms with Crippen LogP contribution in [0.2, 0.25) is 6.04 Å². The minimum absolute atomic E-state index is 1.12. The van der Waals surface area contributed by atoms with Crippen LogP contribution in [0.3, 0.4) is 0 Å². The maximum Gasteiger partial charge on any atom is 0.239 e. The molecule has 0 radical (unpaired) electrons. The molecular formula is C18H32N2Si. The van der Waals surface area contributed by atoms with Crippen LogP contribution in [0.15, 0.2) is 30.8 Å². The van der Waals surface area contributed by atoms with Gasteiger partial charge >= 0.3 is 0 Å². The zero-order valence-corrected chi connectivity index (χ0v) is 15.5. The Morgan fingerprint density at radius 1 is 0.952 bits per heavy atom. The van der Waals surface area contributed by atoms with Gasteiger partial charge in [-0.2, -0.15) is 0 Å². The highest BCUT2D eigenvalue weighted by Gasteiger charge is 2.43. The van der Waals surface area contributed by atoms with E-state index in [1.54, 1.807) is 0 Å². The number of hydrogen-bond donors (Lipinski definition) is 0. The minimum atomic E-state index is -1.83. The van der Waals surface area contributed by atoms with Crippen LogP contribution in [0, 0.1) is 0 Å². The van der Waals surface area contributed by atoms with E-state index in [0.29, 0.717) is 0 Å². The summed E-state index contributed by atoms with van der Waals surface area (Å²) in [6, 6.07) is 10.3. The highest BCUT2D eigenvalue weighted by atomic mass is 28.3. The highest BCUT2D eigenvalue weighted by molar-refractivity contribution is 6.87. The summed E-state index contributed by atoms with van der Waals surface area (Å²) < 4.78 is 5.45. The molecule has 0 bridgehead atoms. The number of hydrogen-bond acceptors (Lipinski definition) is 2. The molecule has 1 aromatic carbocycles. The Hall–Kier alpha value is -0.903. The normalized spacial score (nSPS) is 12.1. The summed E-state index contributed by atoms with van der Waals surface area (Å²) >= 11 is 0. The topological polar surface area (TPSA) is 6.48 Å². The molecule has 0 heterocycles. The van der Waals surface area contributed by atoms with Crippen molar-refractivity contribution in [3.63, 3.8) is 0 Å². The Kier molecular flexibility index (Phi) is 7.36. The van der Waals surface area contributed by atoms with Crippen LogP contribution >= 0.6 is 0 Å². The van der Waals surface area contributed by atoms with Crippen molar-refractivity contribution in [2.24, 2.45) is 0 Å². The van der Waals surface area contributed by atoms with E-state index in [4.69, 9.17) is 0 Å². The van der Waals surface area contributed by atoms with Gasteiger partial charge in [0.25, 0.3) is 0 Å². The van der Waals surface area contributed by atoms with Crippen molar-refractivity contribution in [2.75, 3.05) is 26.2 Å². The predicted molar refractivity (Wildman–Crippen MR) is 98.2 cm³/mol. The molecule has 0 atom stereocenters. The molecule has 3 heteroatoms. The van der Waals surface area contributed by atoms with Gasteiger partial charge in [0.05, 0.1) is 0 Å². The number of benzene rings is 1. The van der Waals surface area contributed by atoms with Gasteiger partial charge in [-0.1, -0.05) is 71.5 Å². The quantitative estimate of drug-likeness (QED) is 0.642. The van der Waals surface area contributed by atoms with Gasteiger partial charge in [-0.3, -0.25) is 0 Å². The average Bonchev–Trinajstić information content (AvgIpc) is 2.55. The Balaban J connectivity index is 3.49. The Morgan fingerprint density at radius 3 is 1.86 bits per heavy atom. The van der Waals surface area contributed by atoms with E-state index in [9.17, 15) is 0 Å². The number of nitrogens with zero attached hydrogens (tertiary/aromatic N) is 2. The third kappa shape index (κ3) is 3.47. The molecule has 0 aliphatic rings. The van der Waals surface area contributed by atoms with E-state index >= 15 is 0 Å². The van der Waals surface area contributed by atoms with Crippen LogP contribution in [0.25, 0.3) is 6.08 Å². The van der Waals surface area contributed by atoms with Crippen LogP contribution in [-0.2, 0) is 0 Å². The van der Waals surface area contributed by atoms with Crippen molar-refractivity contribution in [2.45, 2.75) is 40.7 Å². The van der Waals surface area contributed by atoms with E-state index < -0.39 is 8.40 Å². The van der Waals surface area contributed by atoms with Crippen LogP contribution < -0.4 is 5.19 Å². The first kappa shape index (κ1) is 18.1. The molecular weight excluding hydrogens is 272 g/mol. The summed E-state index contributed by atoms with van der Waals surface area (Å²) in [5.41, 5.74) is 1.23. The van der Waals surface area contributed by atoms with E-state index in [1.807, 2.05) is 6.08 Å². The summed E-state index contributed by atoms with van der Waals surface area (Å²) in [5.74, 6) is 0. The van der Waals surface area contributed by atoms with E-state index in [2.05, 4.69) is 74.6 Å². The smallest absolute Gasteiger partial charge is 0.239 e. The lowest BCUT2D eigenvalue weighted by Crippen LogP contribution is -2.72. The molecule has 0 fully saturated rings. The highest BCUT2D eigenvalue weighted by Crippen LogP contribution is 2.21. The zero-order chi connectivity index (χ0) is 15.9. The lowest BCUT2D eigenvalue weighted by Gasteiger charge is -2.48. The molecule has 0 aromatic heterocycles. The van der Waals surface area contributed by atoms with Crippen molar-refractivity contribution in [3.05, 3.63) is 36.4 Å². The zero-order valence-electron chi connectivity index (χ0n) is 14.5. The van der Waals surface area contributed by atoms with Crippen molar-refractivity contribution in [1.82, 2.24) is 9.13 Å². The average molecular weight is 305 g/mol. The molecule has 21 heavy (non-hydrogen) atoms. The number of rotatable bonds is 9. The lowest BCUT2D eigenvalue weighted by molar-refractivity contribution is 0.362. The van der Waals surface area contributed by atoms with Gasteiger partial charge in [0, 0.05) is 0 Å². The summed E-state index contributed by atoms with van der Waals surface area (Å²) in [6.45, 7) is 19.9. The third-order valence-corrected chi connectivity index (χ3v) is 10.2. The molecule has 0 N–H and O–H groups in total. The van der Waals surface area contributed by atoms with Crippen LogP contribution in [0.5, 0.6) is 0 Å². The van der Waals surface area contributed by atoms with Gasteiger partial charge in [-0.15, -0.1) is 0 Å². The van der Waals surface area contributed by atoms with Crippen molar-refractivity contribution >= 4 is 19.7 Å². The fourth-order valence-corrected chi connectivity index (χ4v) is 8.91. The molecule has 0 saturated carbocycles. The SMILES string of the molecule is C=Cc1cccc([Si](CC)(N(CC)CC)N(CC)CC)c1. The van der Waals surface area contributed by atoms with Crippen molar-refractivity contribution < 1.29 is 0 Å². The maximum absolute atomic E-state index is 3.94. The molecule has 0 spiro atoms. The molecule has 0 aliphatic carbocycles. The van der Waals surface area contributed by atoms with E-state index in [1.165, 1.54) is 16.8 Å². The summed E-state index contributed by atoms with van der Waals surface area (Å²) in [7, 11) is -1.83. The Morgan fingerprint density at radius 2 is 1.48 bits per heavy atom. The summed E-state index contributed by atoms with van der Waals surface area (Å²) in [6.07, 6.45) is 1.96.